The Kier molecular flexibility index (Phi) is 18.1. The minimum Gasteiger partial charge on any atom is -0.162 e. The monoisotopic (exact) mass is 204 g/mol. The van der Waals surface area contributed by atoms with Crippen LogP contribution in [0.4, 0.5) is 0 Å². The molecule has 0 heterocycles. The van der Waals surface area contributed by atoms with Gasteiger partial charge in [0.2, 0.25) is 0 Å². The summed E-state index contributed by atoms with van der Waals surface area (Å²) in [6, 6.07) is 0. The molecule has 0 aromatic rings. The van der Waals surface area contributed by atoms with Gasteiger partial charge in [-0.25, -0.2) is 0 Å². The van der Waals surface area contributed by atoms with Gasteiger partial charge in [0, 0.05) is 5.25 Å². The van der Waals surface area contributed by atoms with Gasteiger partial charge in [-0.15, -0.1) is 0 Å². The zero-order valence-corrected chi connectivity index (χ0v) is 11.0. The molecule has 0 saturated heterocycles. The van der Waals surface area contributed by atoms with Crippen molar-refractivity contribution < 1.29 is 0 Å². The quantitative estimate of drug-likeness (QED) is 0.571. The predicted octanol–water partition coefficient (Wildman–Crippen LogP) is 5.12. The molecule has 82 valence electrons. The maximum absolute atomic E-state index is 2.23. The Morgan fingerprint density at radius 3 is 1.62 bits per heavy atom. The lowest BCUT2D eigenvalue weighted by atomic mass is 10.0. The zero-order chi connectivity index (χ0) is 10.5. The van der Waals surface area contributed by atoms with Gasteiger partial charge in [-0.1, -0.05) is 53.4 Å². The molecule has 0 nitrogen and oxygen atoms in total. The molecule has 1 saturated carbocycles. The number of thioether (sulfide) groups is 1. The summed E-state index contributed by atoms with van der Waals surface area (Å²) in [5.74, 6) is 0. The second kappa shape index (κ2) is 14.9. The van der Waals surface area contributed by atoms with E-state index in [1.54, 1.807) is 0 Å². The van der Waals surface area contributed by atoms with Gasteiger partial charge in [-0.3, -0.25) is 0 Å². The Balaban J connectivity index is 0. The third kappa shape index (κ3) is 12.4. The van der Waals surface area contributed by atoms with Gasteiger partial charge in [0.25, 0.3) is 0 Å². The van der Waals surface area contributed by atoms with Crippen molar-refractivity contribution in [2.75, 3.05) is 6.26 Å². The van der Waals surface area contributed by atoms with E-state index >= 15 is 0 Å². The van der Waals surface area contributed by atoms with Crippen molar-refractivity contribution in [3.05, 3.63) is 0 Å². The van der Waals surface area contributed by atoms with Gasteiger partial charge >= 0.3 is 0 Å². The van der Waals surface area contributed by atoms with Gasteiger partial charge in [0.05, 0.1) is 0 Å². The van der Waals surface area contributed by atoms with Crippen LogP contribution in [0.2, 0.25) is 0 Å². The van der Waals surface area contributed by atoms with E-state index in [1.807, 2.05) is 25.6 Å². The van der Waals surface area contributed by atoms with Crippen LogP contribution < -0.4 is 0 Å². The van der Waals surface area contributed by atoms with E-state index in [9.17, 15) is 0 Å². The minimum absolute atomic E-state index is 1.00. The molecule has 1 aliphatic rings. The summed E-state index contributed by atoms with van der Waals surface area (Å²) in [6.45, 7) is 8.25. The molecule has 0 aromatic heterocycles. The van der Waals surface area contributed by atoms with Crippen LogP contribution in [0.15, 0.2) is 0 Å². The molecular formula is C12H28S. The lowest BCUT2D eigenvalue weighted by Gasteiger charge is -2.18. The third-order valence-electron chi connectivity index (χ3n) is 1.89. The SMILES string of the molecule is CC.CCC.CSC1CCCCC1. The third-order valence-corrected chi connectivity index (χ3v) is 3.02. The molecule has 1 fully saturated rings. The van der Waals surface area contributed by atoms with Gasteiger partial charge in [0.1, 0.15) is 0 Å². The average Bonchev–Trinajstić information content (AvgIpc) is 2.23. The Morgan fingerprint density at radius 1 is 1.00 bits per heavy atom. The maximum atomic E-state index is 2.23. The van der Waals surface area contributed by atoms with Gasteiger partial charge < -0.3 is 0 Å². The van der Waals surface area contributed by atoms with Crippen LogP contribution >= 0.6 is 11.8 Å². The van der Waals surface area contributed by atoms with Crippen molar-refractivity contribution in [1.82, 2.24) is 0 Å². The van der Waals surface area contributed by atoms with E-state index in [4.69, 9.17) is 0 Å². The van der Waals surface area contributed by atoms with Crippen molar-refractivity contribution in [3.8, 4) is 0 Å². The molecule has 0 aliphatic heterocycles. The molecule has 1 aliphatic carbocycles. The van der Waals surface area contributed by atoms with Crippen LogP contribution in [-0.4, -0.2) is 11.5 Å². The van der Waals surface area contributed by atoms with Crippen molar-refractivity contribution in [1.29, 1.82) is 0 Å². The van der Waals surface area contributed by atoms with Crippen LogP contribution in [0, 0.1) is 0 Å². The highest BCUT2D eigenvalue weighted by Crippen LogP contribution is 2.25. The second-order valence-corrected chi connectivity index (χ2v) is 4.34. The van der Waals surface area contributed by atoms with E-state index in [2.05, 4.69) is 20.1 Å². The van der Waals surface area contributed by atoms with E-state index in [0.29, 0.717) is 0 Å². The van der Waals surface area contributed by atoms with Crippen LogP contribution in [0.5, 0.6) is 0 Å². The summed E-state index contributed by atoms with van der Waals surface area (Å²) in [4.78, 5) is 0. The lowest BCUT2D eigenvalue weighted by molar-refractivity contribution is 0.516. The number of hydrogen-bond donors (Lipinski definition) is 0. The molecule has 1 heteroatoms. The Morgan fingerprint density at radius 2 is 1.38 bits per heavy atom. The number of rotatable bonds is 1. The van der Waals surface area contributed by atoms with Crippen molar-refractivity contribution in [2.45, 2.75) is 71.5 Å². The Bertz CT molecular complexity index is 65.5. The van der Waals surface area contributed by atoms with Gasteiger partial charge in [-0.2, -0.15) is 11.8 Å². The standard InChI is InChI=1S/C7H14S.C3H8.C2H6/c1-8-7-5-3-2-4-6-7;1-3-2;1-2/h7H,2-6H2,1H3;3H2,1-2H3;1-2H3. The van der Waals surface area contributed by atoms with Crippen LogP contribution in [0.3, 0.4) is 0 Å². The molecule has 0 N–H and O–H groups in total. The van der Waals surface area contributed by atoms with Gasteiger partial charge in [-0.05, 0) is 19.1 Å². The first-order valence-corrected chi connectivity index (χ1v) is 7.16. The maximum Gasteiger partial charge on any atom is 0.00442 e. The Hall–Kier alpha value is 0.350. The first kappa shape index (κ1) is 15.8. The minimum atomic E-state index is 1.00. The predicted molar refractivity (Wildman–Crippen MR) is 67.7 cm³/mol. The van der Waals surface area contributed by atoms with E-state index < -0.39 is 0 Å². The van der Waals surface area contributed by atoms with Crippen molar-refractivity contribution in [2.24, 2.45) is 0 Å². The molecular weight excluding hydrogens is 176 g/mol. The molecule has 0 unspecified atom stereocenters. The fourth-order valence-corrected chi connectivity index (χ4v) is 2.11. The summed E-state index contributed by atoms with van der Waals surface area (Å²) in [7, 11) is 0. The highest BCUT2D eigenvalue weighted by molar-refractivity contribution is 7.99. The van der Waals surface area contributed by atoms with Crippen molar-refractivity contribution >= 4 is 11.8 Å². The Labute approximate surface area is 89.9 Å². The largest absolute Gasteiger partial charge is 0.162 e. The molecule has 13 heavy (non-hydrogen) atoms. The first-order chi connectivity index (χ1) is 6.35. The molecule has 0 aromatic carbocycles. The highest BCUT2D eigenvalue weighted by atomic mass is 32.2. The summed E-state index contributed by atoms with van der Waals surface area (Å²) in [5.41, 5.74) is 0. The van der Waals surface area contributed by atoms with Crippen molar-refractivity contribution in [3.63, 3.8) is 0 Å². The highest BCUT2D eigenvalue weighted by Gasteiger charge is 2.10. The van der Waals surface area contributed by atoms with Crippen LogP contribution in [0.1, 0.15) is 66.2 Å². The van der Waals surface area contributed by atoms with Crippen LogP contribution in [0.25, 0.3) is 0 Å². The summed E-state index contributed by atoms with van der Waals surface area (Å²) in [6.07, 6.45) is 10.9. The smallest absolute Gasteiger partial charge is 0.00442 e. The topological polar surface area (TPSA) is 0 Å². The molecule has 0 amide bonds. The average molecular weight is 204 g/mol. The molecule has 0 bridgehead atoms. The summed E-state index contributed by atoms with van der Waals surface area (Å²) >= 11 is 2.05. The first-order valence-electron chi connectivity index (χ1n) is 5.87. The molecule has 0 atom stereocenters. The normalized spacial score (nSPS) is 16.4. The van der Waals surface area contributed by atoms with Gasteiger partial charge in [0.15, 0.2) is 0 Å². The molecule has 1 rings (SSSR count). The van der Waals surface area contributed by atoms with E-state index in [-0.39, 0.29) is 0 Å². The van der Waals surface area contributed by atoms with Crippen LogP contribution in [-0.2, 0) is 0 Å². The number of hydrogen-bond acceptors (Lipinski definition) is 1. The zero-order valence-electron chi connectivity index (χ0n) is 10.2. The molecule has 0 spiro atoms. The fraction of sp³-hybridized carbons (Fsp3) is 1.00. The lowest BCUT2D eigenvalue weighted by Crippen LogP contribution is -2.06. The van der Waals surface area contributed by atoms with E-state index in [0.717, 1.165) is 5.25 Å². The van der Waals surface area contributed by atoms with E-state index in [1.165, 1.54) is 38.5 Å². The molecule has 0 radical (unpaired) electrons. The summed E-state index contributed by atoms with van der Waals surface area (Å²) in [5, 5.41) is 1.00. The summed E-state index contributed by atoms with van der Waals surface area (Å²) < 4.78 is 0. The fourth-order valence-electron chi connectivity index (χ4n) is 1.30. The second-order valence-electron chi connectivity index (χ2n) is 3.20.